The summed E-state index contributed by atoms with van der Waals surface area (Å²) in [5.74, 6) is -0.185. The number of hydrogen-bond acceptors (Lipinski definition) is 2. The van der Waals surface area contributed by atoms with Crippen LogP contribution in [-0.2, 0) is 4.74 Å². The van der Waals surface area contributed by atoms with Gasteiger partial charge in [0.15, 0.2) is 0 Å². The molecule has 1 N–H and O–H groups in total. The van der Waals surface area contributed by atoms with Crippen LogP contribution in [0.5, 0.6) is 0 Å². The highest BCUT2D eigenvalue weighted by atomic mass is 19.1. The summed E-state index contributed by atoms with van der Waals surface area (Å²) in [5, 5.41) is 3.05. The second-order valence-corrected chi connectivity index (χ2v) is 3.44. The molecule has 0 spiro atoms. The van der Waals surface area contributed by atoms with Crippen LogP contribution in [0.25, 0.3) is 0 Å². The van der Waals surface area contributed by atoms with Gasteiger partial charge in [-0.05, 0) is 25.5 Å². The van der Waals surface area contributed by atoms with E-state index in [1.54, 1.807) is 26.2 Å². The molecule has 0 radical (unpaired) electrons. The number of nitrogens with one attached hydrogen (secondary N) is 1. The van der Waals surface area contributed by atoms with Crippen LogP contribution in [0.2, 0.25) is 0 Å². The lowest BCUT2D eigenvalue weighted by atomic mass is 10.2. The molecule has 3 heteroatoms. The van der Waals surface area contributed by atoms with Crippen molar-refractivity contribution in [3.05, 3.63) is 29.6 Å². The summed E-state index contributed by atoms with van der Waals surface area (Å²) >= 11 is 0. The highest BCUT2D eigenvalue weighted by molar-refractivity contribution is 5.47. The lowest BCUT2D eigenvalue weighted by molar-refractivity contribution is 0.190. The Bertz CT molecular complexity index is 301. The van der Waals surface area contributed by atoms with E-state index < -0.39 is 0 Å². The summed E-state index contributed by atoms with van der Waals surface area (Å²) in [6.07, 6.45) is 0. The first-order chi connectivity index (χ1) is 6.65. The van der Waals surface area contributed by atoms with E-state index in [1.807, 2.05) is 13.0 Å². The lowest BCUT2D eigenvalue weighted by Crippen LogP contribution is -2.21. The first kappa shape index (κ1) is 11.0. The summed E-state index contributed by atoms with van der Waals surface area (Å²) in [5.41, 5.74) is 1.19. The van der Waals surface area contributed by atoms with Gasteiger partial charge in [0.1, 0.15) is 5.82 Å². The fourth-order valence-corrected chi connectivity index (χ4v) is 1.32. The quantitative estimate of drug-likeness (QED) is 0.801. The van der Waals surface area contributed by atoms with Gasteiger partial charge in [-0.1, -0.05) is 12.1 Å². The van der Waals surface area contributed by atoms with Crippen LogP contribution in [0, 0.1) is 12.7 Å². The molecule has 2 nitrogen and oxygen atoms in total. The van der Waals surface area contributed by atoms with Crippen molar-refractivity contribution in [2.75, 3.05) is 19.0 Å². The third-order valence-corrected chi connectivity index (χ3v) is 2.01. The number of anilines is 1. The van der Waals surface area contributed by atoms with Crippen molar-refractivity contribution >= 4 is 5.69 Å². The summed E-state index contributed by atoms with van der Waals surface area (Å²) in [6.45, 7) is 4.26. The van der Waals surface area contributed by atoms with Gasteiger partial charge < -0.3 is 10.1 Å². The summed E-state index contributed by atoms with van der Waals surface area (Å²) in [6, 6.07) is 5.42. The predicted molar refractivity (Wildman–Crippen MR) is 56.1 cm³/mol. The van der Waals surface area contributed by atoms with Gasteiger partial charge in [-0.2, -0.15) is 0 Å². The Kier molecular flexibility index (Phi) is 3.89. The maximum absolute atomic E-state index is 13.5. The molecule has 0 aromatic heterocycles. The Balaban J connectivity index is 2.71. The zero-order valence-corrected chi connectivity index (χ0v) is 8.80. The number of halogens is 1. The average Bonchev–Trinajstić information content (AvgIpc) is 2.13. The van der Waals surface area contributed by atoms with Gasteiger partial charge in [-0.3, -0.25) is 0 Å². The molecular weight excluding hydrogens is 181 g/mol. The zero-order chi connectivity index (χ0) is 10.6. The van der Waals surface area contributed by atoms with Crippen LogP contribution in [0.1, 0.15) is 12.5 Å². The van der Waals surface area contributed by atoms with Gasteiger partial charge in [0, 0.05) is 13.2 Å². The molecule has 0 saturated heterocycles. The number of hydrogen-bond donors (Lipinski definition) is 1. The van der Waals surface area contributed by atoms with Gasteiger partial charge >= 0.3 is 0 Å². The van der Waals surface area contributed by atoms with E-state index in [1.165, 1.54) is 0 Å². The number of rotatable bonds is 4. The molecule has 0 aliphatic rings. The Hall–Kier alpha value is -1.09. The van der Waals surface area contributed by atoms with E-state index in [0.29, 0.717) is 17.9 Å². The second-order valence-electron chi connectivity index (χ2n) is 3.44. The monoisotopic (exact) mass is 197 g/mol. The van der Waals surface area contributed by atoms with Crippen LogP contribution >= 0.6 is 0 Å². The fraction of sp³-hybridized carbons (Fsp3) is 0.455. The summed E-state index contributed by atoms with van der Waals surface area (Å²) < 4.78 is 18.5. The maximum Gasteiger partial charge on any atom is 0.149 e. The third kappa shape index (κ3) is 2.70. The first-order valence-corrected chi connectivity index (χ1v) is 4.65. The number of ether oxygens (including phenoxy) is 1. The SMILES string of the molecule is COCC(C)Nc1cccc(C)c1F. The molecule has 0 amide bonds. The lowest BCUT2D eigenvalue weighted by Gasteiger charge is -2.15. The van der Waals surface area contributed by atoms with E-state index >= 15 is 0 Å². The van der Waals surface area contributed by atoms with Crippen molar-refractivity contribution in [2.45, 2.75) is 19.9 Å². The molecule has 0 heterocycles. The van der Waals surface area contributed by atoms with E-state index in [2.05, 4.69) is 5.32 Å². The Morgan fingerprint density at radius 3 is 2.86 bits per heavy atom. The second kappa shape index (κ2) is 4.96. The number of methoxy groups -OCH3 is 1. The molecule has 1 aromatic carbocycles. The number of aryl methyl sites for hydroxylation is 1. The van der Waals surface area contributed by atoms with Gasteiger partial charge in [0.2, 0.25) is 0 Å². The molecule has 1 unspecified atom stereocenters. The minimum absolute atomic E-state index is 0.108. The highest BCUT2D eigenvalue weighted by Crippen LogP contribution is 2.17. The van der Waals surface area contributed by atoms with E-state index in [0.717, 1.165) is 0 Å². The van der Waals surface area contributed by atoms with Gasteiger partial charge in [-0.15, -0.1) is 0 Å². The normalized spacial score (nSPS) is 12.6. The van der Waals surface area contributed by atoms with Gasteiger partial charge in [-0.25, -0.2) is 4.39 Å². The predicted octanol–water partition coefficient (Wildman–Crippen LogP) is 2.58. The largest absolute Gasteiger partial charge is 0.383 e. The van der Waals surface area contributed by atoms with Crippen LogP contribution in [-0.4, -0.2) is 19.8 Å². The maximum atomic E-state index is 13.5. The van der Waals surface area contributed by atoms with Crippen molar-refractivity contribution in [3.8, 4) is 0 Å². The van der Waals surface area contributed by atoms with Crippen LogP contribution < -0.4 is 5.32 Å². The molecule has 0 aliphatic carbocycles. The standard InChI is InChI=1S/C11H16FNO/c1-8-5-4-6-10(11(8)12)13-9(2)7-14-3/h4-6,9,13H,7H2,1-3H3. The van der Waals surface area contributed by atoms with E-state index in [4.69, 9.17) is 4.74 Å². The van der Waals surface area contributed by atoms with Crippen LogP contribution in [0.15, 0.2) is 18.2 Å². The molecule has 0 aliphatic heterocycles. The molecule has 1 atom stereocenters. The van der Waals surface area contributed by atoms with Crippen molar-refractivity contribution in [2.24, 2.45) is 0 Å². The first-order valence-electron chi connectivity index (χ1n) is 4.65. The average molecular weight is 197 g/mol. The smallest absolute Gasteiger partial charge is 0.149 e. The third-order valence-electron chi connectivity index (χ3n) is 2.01. The topological polar surface area (TPSA) is 21.3 Å². The molecule has 1 aromatic rings. The fourth-order valence-electron chi connectivity index (χ4n) is 1.32. The molecule has 0 fully saturated rings. The van der Waals surface area contributed by atoms with E-state index in [-0.39, 0.29) is 11.9 Å². The minimum Gasteiger partial charge on any atom is -0.383 e. The van der Waals surface area contributed by atoms with Crippen molar-refractivity contribution in [1.82, 2.24) is 0 Å². The van der Waals surface area contributed by atoms with Crippen molar-refractivity contribution < 1.29 is 9.13 Å². The molecule has 14 heavy (non-hydrogen) atoms. The van der Waals surface area contributed by atoms with Crippen molar-refractivity contribution in [3.63, 3.8) is 0 Å². The van der Waals surface area contributed by atoms with Crippen LogP contribution in [0.4, 0.5) is 10.1 Å². The van der Waals surface area contributed by atoms with Crippen LogP contribution in [0.3, 0.4) is 0 Å². The molecule has 78 valence electrons. The minimum atomic E-state index is -0.185. The summed E-state index contributed by atoms with van der Waals surface area (Å²) in [4.78, 5) is 0. The van der Waals surface area contributed by atoms with Crippen molar-refractivity contribution in [1.29, 1.82) is 0 Å². The van der Waals surface area contributed by atoms with Gasteiger partial charge in [0.05, 0.1) is 12.3 Å². The van der Waals surface area contributed by atoms with Gasteiger partial charge in [0.25, 0.3) is 0 Å². The molecular formula is C11H16FNO. The molecule has 0 saturated carbocycles. The Morgan fingerprint density at radius 2 is 2.21 bits per heavy atom. The number of benzene rings is 1. The molecule has 0 bridgehead atoms. The highest BCUT2D eigenvalue weighted by Gasteiger charge is 2.07. The summed E-state index contributed by atoms with van der Waals surface area (Å²) in [7, 11) is 1.63. The van der Waals surface area contributed by atoms with E-state index in [9.17, 15) is 4.39 Å². The Morgan fingerprint density at radius 1 is 1.50 bits per heavy atom. The Labute approximate surface area is 84.1 Å². The molecule has 1 rings (SSSR count). The zero-order valence-electron chi connectivity index (χ0n) is 8.80.